The van der Waals surface area contributed by atoms with Crippen LogP contribution in [0.2, 0.25) is 0 Å². The second-order valence-electron chi connectivity index (χ2n) is 3.67. The van der Waals surface area contributed by atoms with Gasteiger partial charge in [0.25, 0.3) is 0 Å². The number of aryl methyl sites for hydroxylation is 2. The zero-order chi connectivity index (χ0) is 12.1. The molecule has 0 unspecified atom stereocenters. The minimum absolute atomic E-state index is 0.175. The summed E-state index contributed by atoms with van der Waals surface area (Å²) in [7, 11) is 3.29. The summed E-state index contributed by atoms with van der Waals surface area (Å²) in [6.45, 7) is -0.258. The van der Waals surface area contributed by atoms with Crippen LogP contribution in [0.4, 0.5) is 0 Å². The van der Waals surface area contributed by atoms with Gasteiger partial charge < -0.3 is 10.0 Å². The molecule has 0 spiro atoms. The summed E-state index contributed by atoms with van der Waals surface area (Å²) in [5.41, 5.74) is 0.972. The van der Waals surface area contributed by atoms with Crippen LogP contribution < -0.4 is 0 Å². The average molecular weight is 225 g/mol. The molecule has 0 saturated heterocycles. The first kappa shape index (κ1) is 12.2. The highest BCUT2D eigenvalue weighted by Gasteiger charge is 2.12. The molecule has 88 valence electrons. The fourth-order valence-corrected chi connectivity index (χ4v) is 1.33. The standard InChI is InChI=1S/C10H15N3O3/c1-12(7-10(15)16)9(14)4-3-8-5-11-13(2)6-8/h5-6H,3-4,7H2,1-2H3,(H,15,16). The Kier molecular flexibility index (Phi) is 4.04. The molecule has 0 saturated carbocycles. The maximum atomic E-state index is 11.5. The first-order chi connectivity index (χ1) is 7.49. The number of nitrogens with zero attached hydrogens (tertiary/aromatic N) is 3. The molecule has 16 heavy (non-hydrogen) atoms. The summed E-state index contributed by atoms with van der Waals surface area (Å²) >= 11 is 0. The number of amides is 1. The molecule has 0 atom stereocenters. The van der Waals surface area contributed by atoms with E-state index in [0.717, 1.165) is 5.56 Å². The predicted octanol–water partition coefficient (Wildman–Crippen LogP) is -0.104. The Hall–Kier alpha value is -1.85. The summed E-state index contributed by atoms with van der Waals surface area (Å²) in [4.78, 5) is 23.1. The van der Waals surface area contributed by atoms with Crippen LogP contribution in [0, 0.1) is 0 Å². The largest absolute Gasteiger partial charge is 0.480 e. The number of carboxylic acid groups (broad SMARTS) is 1. The van der Waals surface area contributed by atoms with Crippen LogP contribution in [0.3, 0.4) is 0 Å². The Bertz CT molecular complexity index is 386. The van der Waals surface area contributed by atoms with E-state index in [1.54, 1.807) is 10.9 Å². The van der Waals surface area contributed by atoms with Crippen molar-refractivity contribution >= 4 is 11.9 Å². The molecule has 0 aromatic carbocycles. The smallest absolute Gasteiger partial charge is 0.323 e. The van der Waals surface area contributed by atoms with Gasteiger partial charge in [-0.25, -0.2) is 0 Å². The van der Waals surface area contributed by atoms with Crippen molar-refractivity contribution in [3.63, 3.8) is 0 Å². The number of aliphatic carboxylic acids is 1. The lowest BCUT2D eigenvalue weighted by atomic mass is 10.2. The Morgan fingerprint density at radius 1 is 1.56 bits per heavy atom. The Balaban J connectivity index is 2.37. The predicted molar refractivity (Wildman–Crippen MR) is 56.8 cm³/mol. The highest BCUT2D eigenvalue weighted by atomic mass is 16.4. The second-order valence-corrected chi connectivity index (χ2v) is 3.67. The van der Waals surface area contributed by atoms with Crippen molar-refractivity contribution in [1.29, 1.82) is 0 Å². The number of carboxylic acids is 1. The molecule has 6 nitrogen and oxygen atoms in total. The van der Waals surface area contributed by atoms with E-state index in [1.807, 2.05) is 13.2 Å². The topological polar surface area (TPSA) is 75.4 Å². The van der Waals surface area contributed by atoms with E-state index >= 15 is 0 Å². The van der Waals surface area contributed by atoms with Crippen LogP contribution in [-0.2, 0) is 23.1 Å². The summed E-state index contributed by atoms with van der Waals surface area (Å²) in [5, 5.41) is 12.5. The normalized spacial score (nSPS) is 10.1. The van der Waals surface area contributed by atoms with Crippen molar-refractivity contribution in [2.24, 2.45) is 7.05 Å². The van der Waals surface area contributed by atoms with Crippen molar-refractivity contribution in [3.05, 3.63) is 18.0 Å². The summed E-state index contributed by atoms with van der Waals surface area (Å²) in [6.07, 6.45) is 4.42. The summed E-state index contributed by atoms with van der Waals surface area (Å²) < 4.78 is 1.67. The quantitative estimate of drug-likeness (QED) is 0.759. The van der Waals surface area contributed by atoms with Gasteiger partial charge >= 0.3 is 5.97 Å². The molecular weight excluding hydrogens is 210 g/mol. The van der Waals surface area contributed by atoms with E-state index in [4.69, 9.17) is 5.11 Å². The van der Waals surface area contributed by atoms with E-state index in [-0.39, 0.29) is 12.5 Å². The van der Waals surface area contributed by atoms with Crippen molar-refractivity contribution in [1.82, 2.24) is 14.7 Å². The lowest BCUT2D eigenvalue weighted by Gasteiger charge is -2.13. The molecule has 1 heterocycles. The van der Waals surface area contributed by atoms with E-state index < -0.39 is 5.97 Å². The minimum Gasteiger partial charge on any atom is -0.480 e. The van der Waals surface area contributed by atoms with E-state index in [1.165, 1.54) is 11.9 Å². The third-order valence-corrected chi connectivity index (χ3v) is 2.18. The fourth-order valence-electron chi connectivity index (χ4n) is 1.33. The van der Waals surface area contributed by atoms with Gasteiger partial charge in [0.2, 0.25) is 5.91 Å². The van der Waals surface area contributed by atoms with Crippen LogP contribution >= 0.6 is 0 Å². The molecule has 1 aromatic heterocycles. The number of carbonyl (C=O) groups is 2. The number of hydrogen-bond acceptors (Lipinski definition) is 3. The Morgan fingerprint density at radius 3 is 2.75 bits per heavy atom. The lowest BCUT2D eigenvalue weighted by molar-refractivity contribution is -0.143. The number of hydrogen-bond donors (Lipinski definition) is 1. The van der Waals surface area contributed by atoms with Crippen molar-refractivity contribution in [2.45, 2.75) is 12.8 Å². The molecule has 1 amide bonds. The van der Waals surface area contributed by atoms with Crippen molar-refractivity contribution in [2.75, 3.05) is 13.6 Å². The van der Waals surface area contributed by atoms with Gasteiger partial charge in [-0.3, -0.25) is 14.3 Å². The number of aromatic nitrogens is 2. The fraction of sp³-hybridized carbons (Fsp3) is 0.500. The SMILES string of the molecule is CN(CC(=O)O)C(=O)CCc1cnn(C)c1. The number of rotatable bonds is 5. The van der Waals surface area contributed by atoms with Crippen LogP contribution in [0.1, 0.15) is 12.0 Å². The zero-order valence-electron chi connectivity index (χ0n) is 9.38. The number of carbonyl (C=O) groups excluding carboxylic acids is 1. The van der Waals surface area contributed by atoms with E-state index in [9.17, 15) is 9.59 Å². The maximum absolute atomic E-state index is 11.5. The molecule has 1 N–H and O–H groups in total. The van der Waals surface area contributed by atoms with Gasteiger partial charge in [0.05, 0.1) is 6.20 Å². The highest BCUT2D eigenvalue weighted by molar-refractivity contribution is 5.81. The first-order valence-electron chi connectivity index (χ1n) is 4.92. The van der Waals surface area contributed by atoms with Crippen molar-refractivity contribution < 1.29 is 14.7 Å². The van der Waals surface area contributed by atoms with Crippen LogP contribution in [0.15, 0.2) is 12.4 Å². The van der Waals surface area contributed by atoms with Gasteiger partial charge in [-0.15, -0.1) is 0 Å². The summed E-state index contributed by atoms with van der Waals surface area (Å²) in [5.74, 6) is -1.18. The van der Waals surface area contributed by atoms with Crippen molar-refractivity contribution in [3.8, 4) is 0 Å². The van der Waals surface area contributed by atoms with Gasteiger partial charge in [0.1, 0.15) is 6.54 Å². The average Bonchev–Trinajstić information content (AvgIpc) is 2.59. The van der Waals surface area contributed by atoms with Gasteiger partial charge in [0, 0.05) is 26.7 Å². The molecule has 0 fully saturated rings. The van der Waals surface area contributed by atoms with Crippen LogP contribution in [-0.4, -0.2) is 45.3 Å². The van der Waals surface area contributed by atoms with E-state index in [2.05, 4.69) is 5.10 Å². The molecule has 1 rings (SSSR count). The third kappa shape index (κ3) is 3.72. The molecule has 0 aliphatic heterocycles. The van der Waals surface area contributed by atoms with Crippen LogP contribution in [0.5, 0.6) is 0 Å². The molecule has 0 radical (unpaired) electrons. The van der Waals surface area contributed by atoms with Gasteiger partial charge in [-0.1, -0.05) is 0 Å². The number of likely N-dealkylation sites (N-methyl/N-ethyl adjacent to an activating group) is 1. The Labute approximate surface area is 93.5 Å². The van der Waals surface area contributed by atoms with E-state index in [0.29, 0.717) is 12.8 Å². The zero-order valence-corrected chi connectivity index (χ0v) is 9.38. The lowest BCUT2D eigenvalue weighted by Crippen LogP contribution is -2.32. The molecular formula is C10H15N3O3. The molecule has 6 heteroatoms. The first-order valence-corrected chi connectivity index (χ1v) is 4.92. The molecule has 0 aliphatic rings. The third-order valence-electron chi connectivity index (χ3n) is 2.18. The molecule has 0 bridgehead atoms. The van der Waals surface area contributed by atoms with Gasteiger partial charge in [-0.2, -0.15) is 5.10 Å². The highest BCUT2D eigenvalue weighted by Crippen LogP contribution is 2.02. The molecule has 0 aliphatic carbocycles. The van der Waals surface area contributed by atoms with Crippen LogP contribution in [0.25, 0.3) is 0 Å². The maximum Gasteiger partial charge on any atom is 0.323 e. The monoisotopic (exact) mass is 225 g/mol. The summed E-state index contributed by atoms with van der Waals surface area (Å²) in [6, 6.07) is 0. The minimum atomic E-state index is -1.00. The molecule has 1 aromatic rings. The second kappa shape index (κ2) is 5.29. The Morgan fingerprint density at radius 2 is 2.25 bits per heavy atom. The van der Waals surface area contributed by atoms with Gasteiger partial charge in [-0.05, 0) is 12.0 Å². The van der Waals surface area contributed by atoms with Gasteiger partial charge in [0.15, 0.2) is 0 Å².